The van der Waals surface area contributed by atoms with Crippen molar-refractivity contribution in [2.45, 2.75) is 6.61 Å². The van der Waals surface area contributed by atoms with E-state index in [1.807, 2.05) is 36.4 Å². The fourth-order valence-electron chi connectivity index (χ4n) is 2.53. The number of carbonyl (C=O) groups excluding carboxylic acids is 1. The second-order valence-electron chi connectivity index (χ2n) is 4.75. The lowest BCUT2D eigenvalue weighted by Crippen LogP contribution is -2.01. The zero-order valence-corrected chi connectivity index (χ0v) is 11.5. The molecule has 0 radical (unpaired) electrons. The van der Waals surface area contributed by atoms with E-state index >= 15 is 0 Å². The highest BCUT2D eigenvalue weighted by Crippen LogP contribution is 2.28. The Morgan fingerprint density at radius 1 is 1.05 bits per heavy atom. The van der Waals surface area contributed by atoms with Gasteiger partial charge in [0.15, 0.2) is 0 Å². The van der Waals surface area contributed by atoms with Crippen LogP contribution in [-0.2, 0) is 16.1 Å². The molecule has 0 aliphatic rings. The standard InChI is InChI=1S/C19H14O2/c1-2-7-19(20)21-13-18-16-10-5-3-8-14(16)12-15-9-4-6-11-17(15)18/h3-12H,1,13H2. The molecule has 0 unspecified atom stereocenters. The van der Waals surface area contributed by atoms with Crippen LogP contribution in [0.4, 0.5) is 0 Å². The van der Waals surface area contributed by atoms with Gasteiger partial charge in [0.05, 0.1) is 6.08 Å². The first-order valence-electron chi connectivity index (χ1n) is 6.71. The summed E-state index contributed by atoms with van der Waals surface area (Å²) in [5.41, 5.74) is 3.45. The van der Waals surface area contributed by atoms with Gasteiger partial charge < -0.3 is 4.74 Å². The summed E-state index contributed by atoms with van der Waals surface area (Å²) in [4.78, 5) is 11.5. The smallest absolute Gasteiger partial charge is 0.338 e. The molecule has 0 atom stereocenters. The molecule has 0 heterocycles. The summed E-state index contributed by atoms with van der Waals surface area (Å²) < 4.78 is 5.29. The molecule has 21 heavy (non-hydrogen) atoms. The number of hydrogen-bond donors (Lipinski definition) is 0. The predicted molar refractivity (Wildman–Crippen MR) is 85.0 cm³/mol. The molecule has 3 rings (SSSR count). The van der Waals surface area contributed by atoms with Crippen LogP contribution in [0.5, 0.6) is 0 Å². The number of rotatable bonds is 3. The molecule has 0 aromatic heterocycles. The number of ether oxygens (including phenoxy) is 1. The van der Waals surface area contributed by atoms with E-state index in [9.17, 15) is 4.79 Å². The maximum absolute atomic E-state index is 11.5. The molecule has 0 aliphatic carbocycles. The Balaban J connectivity index is 2.15. The molecule has 0 bridgehead atoms. The van der Waals surface area contributed by atoms with Crippen molar-refractivity contribution < 1.29 is 9.53 Å². The van der Waals surface area contributed by atoms with Gasteiger partial charge in [0.1, 0.15) is 6.61 Å². The average molecular weight is 274 g/mol. The van der Waals surface area contributed by atoms with Crippen LogP contribution in [0.2, 0.25) is 0 Å². The van der Waals surface area contributed by atoms with Crippen LogP contribution < -0.4 is 0 Å². The van der Waals surface area contributed by atoms with E-state index in [1.54, 1.807) is 0 Å². The molecule has 0 aliphatic heterocycles. The number of fused-ring (bicyclic) bond motifs is 2. The third-order valence-corrected chi connectivity index (χ3v) is 3.46. The highest BCUT2D eigenvalue weighted by molar-refractivity contribution is 6.02. The molecule has 3 aromatic rings. The molecule has 0 N–H and O–H groups in total. The first kappa shape index (κ1) is 13.2. The molecule has 2 heteroatoms. The molecule has 0 fully saturated rings. The molecular weight excluding hydrogens is 260 g/mol. The lowest BCUT2D eigenvalue weighted by molar-refractivity contribution is -0.138. The molecule has 0 amide bonds. The van der Waals surface area contributed by atoms with Crippen LogP contribution in [0, 0.1) is 0 Å². The number of esters is 1. The molecule has 3 aromatic carbocycles. The number of benzene rings is 3. The normalized spacial score (nSPS) is 10.3. The lowest BCUT2D eigenvalue weighted by atomic mass is 9.97. The Hall–Kier alpha value is -2.83. The summed E-state index contributed by atoms with van der Waals surface area (Å²) in [6.07, 6.45) is 1.20. The third-order valence-electron chi connectivity index (χ3n) is 3.46. The fraction of sp³-hybridized carbons (Fsp3) is 0.0526. The highest BCUT2D eigenvalue weighted by Gasteiger charge is 2.08. The molecule has 102 valence electrons. The van der Waals surface area contributed by atoms with E-state index in [-0.39, 0.29) is 6.61 Å². The van der Waals surface area contributed by atoms with E-state index in [4.69, 9.17) is 4.74 Å². The van der Waals surface area contributed by atoms with Gasteiger partial charge in [-0.25, -0.2) is 4.79 Å². The summed E-state index contributed by atoms with van der Waals surface area (Å²) in [5.74, 6) is -0.429. The molecular formula is C19H14O2. The minimum atomic E-state index is -0.429. The second-order valence-corrected chi connectivity index (χ2v) is 4.75. The topological polar surface area (TPSA) is 26.3 Å². The summed E-state index contributed by atoms with van der Waals surface area (Å²) in [6.45, 7) is 3.61. The Morgan fingerprint density at radius 3 is 2.19 bits per heavy atom. The first-order chi connectivity index (χ1) is 10.3. The van der Waals surface area contributed by atoms with Crippen molar-refractivity contribution in [3.05, 3.63) is 78.5 Å². The minimum absolute atomic E-state index is 0.235. The molecule has 0 saturated heterocycles. The minimum Gasteiger partial charge on any atom is -0.457 e. The SMILES string of the molecule is C=C=CC(=O)OCc1c2ccccc2cc2ccccc12. The van der Waals surface area contributed by atoms with Gasteiger partial charge in [-0.15, -0.1) is 5.73 Å². The molecule has 2 nitrogen and oxygen atoms in total. The summed E-state index contributed by atoms with van der Waals surface area (Å²) >= 11 is 0. The maximum Gasteiger partial charge on any atom is 0.338 e. The Kier molecular flexibility index (Phi) is 3.55. The Labute approximate surface area is 123 Å². The summed E-state index contributed by atoms with van der Waals surface area (Å²) in [5, 5.41) is 4.49. The van der Waals surface area contributed by atoms with Crippen LogP contribution in [0.1, 0.15) is 5.56 Å². The number of hydrogen-bond acceptors (Lipinski definition) is 2. The molecule has 0 spiro atoms. The monoisotopic (exact) mass is 274 g/mol. The molecule has 0 saturated carbocycles. The zero-order valence-electron chi connectivity index (χ0n) is 11.5. The zero-order chi connectivity index (χ0) is 14.7. The summed E-state index contributed by atoms with van der Waals surface area (Å²) in [6, 6.07) is 18.4. The van der Waals surface area contributed by atoms with Gasteiger partial charge in [0.25, 0.3) is 0 Å². The van der Waals surface area contributed by atoms with Crippen LogP contribution in [0.15, 0.2) is 73.0 Å². The van der Waals surface area contributed by atoms with Gasteiger partial charge in [0, 0.05) is 5.56 Å². The van der Waals surface area contributed by atoms with E-state index < -0.39 is 5.97 Å². The fourth-order valence-corrected chi connectivity index (χ4v) is 2.53. The van der Waals surface area contributed by atoms with Crippen LogP contribution in [-0.4, -0.2) is 5.97 Å². The lowest BCUT2D eigenvalue weighted by Gasteiger charge is -2.11. The largest absolute Gasteiger partial charge is 0.457 e. The van der Waals surface area contributed by atoms with Gasteiger partial charge in [0.2, 0.25) is 0 Å². The van der Waals surface area contributed by atoms with Gasteiger partial charge in [-0.1, -0.05) is 55.1 Å². The van der Waals surface area contributed by atoms with E-state index in [0.29, 0.717) is 0 Å². The van der Waals surface area contributed by atoms with Crippen molar-refractivity contribution in [3.8, 4) is 0 Å². The van der Waals surface area contributed by atoms with Gasteiger partial charge in [-0.2, -0.15) is 0 Å². The second kappa shape index (κ2) is 5.66. The van der Waals surface area contributed by atoms with Gasteiger partial charge >= 0.3 is 5.97 Å². The predicted octanol–water partition coefficient (Wildman–Crippen LogP) is 4.38. The van der Waals surface area contributed by atoms with Crippen molar-refractivity contribution >= 4 is 27.5 Å². The number of carbonyl (C=O) groups is 1. The maximum atomic E-state index is 11.5. The van der Waals surface area contributed by atoms with Gasteiger partial charge in [-0.3, -0.25) is 0 Å². The summed E-state index contributed by atoms with van der Waals surface area (Å²) in [7, 11) is 0. The van der Waals surface area contributed by atoms with Crippen molar-refractivity contribution in [2.24, 2.45) is 0 Å². The van der Waals surface area contributed by atoms with Crippen molar-refractivity contribution in [3.63, 3.8) is 0 Å². The van der Waals surface area contributed by atoms with Crippen molar-refractivity contribution in [1.82, 2.24) is 0 Å². The van der Waals surface area contributed by atoms with E-state index in [2.05, 4.69) is 30.5 Å². The van der Waals surface area contributed by atoms with Crippen LogP contribution >= 0.6 is 0 Å². The van der Waals surface area contributed by atoms with Crippen LogP contribution in [0.3, 0.4) is 0 Å². The van der Waals surface area contributed by atoms with Gasteiger partial charge in [-0.05, 0) is 27.6 Å². The van der Waals surface area contributed by atoms with Crippen molar-refractivity contribution in [1.29, 1.82) is 0 Å². The van der Waals surface area contributed by atoms with E-state index in [0.717, 1.165) is 27.1 Å². The average Bonchev–Trinajstić information content (AvgIpc) is 2.51. The Morgan fingerprint density at radius 2 is 1.62 bits per heavy atom. The Bertz CT molecular complexity index is 817. The van der Waals surface area contributed by atoms with Crippen molar-refractivity contribution in [2.75, 3.05) is 0 Å². The van der Waals surface area contributed by atoms with E-state index in [1.165, 1.54) is 6.08 Å². The quantitative estimate of drug-likeness (QED) is 0.307. The highest BCUT2D eigenvalue weighted by atomic mass is 16.5. The first-order valence-corrected chi connectivity index (χ1v) is 6.71. The third kappa shape index (κ3) is 2.58. The van der Waals surface area contributed by atoms with Crippen LogP contribution in [0.25, 0.3) is 21.5 Å².